The number of rotatable bonds is 4. The zero-order valence-corrected chi connectivity index (χ0v) is 12.3. The van der Waals surface area contributed by atoms with Crippen LogP contribution in [0.2, 0.25) is 0 Å². The SMILES string of the molecule is CC(C)C1CCCC(NCC2CCCCO2)CC1. The average Bonchev–Trinajstić information content (AvgIpc) is 2.63. The summed E-state index contributed by atoms with van der Waals surface area (Å²) in [7, 11) is 0. The zero-order chi connectivity index (χ0) is 12.8. The summed E-state index contributed by atoms with van der Waals surface area (Å²) in [6, 6.07) is 0.749. The van der Waals surface area contributed by atoms with Crippen LogP contribution in [0, 0.1) is 11.8 Å². The van der Waals surface area contributed by atoms with Gasteiger partial charge in [0.25, 0.3) is 0 Å². The Morgan fingerprint density at radius 2 is 1.89 bits per heavy atom. The Bertz CT molecular complexity index is 223. The molecule has 2 fully saturated rings. The largest absolute Gasteiger partial charge is 0.377 e. The maximum absolute atomic E-state index is 5.80. The highest BCUT2D eigenvalue weighted by Crippen LogP contribution is 2.28. The monoisotopic (exact) mass is 253 g/mol. The van der Waals surface area contributed by atoms with Gasteiger partial charge in [-0.2, -0.15) is 0 Å². The summed E-state index contributed by atoms with van der Waals surface area (Å²) in [5.74, 6) is 1.83. The van der Waals surface area contributed by atoms with Crippen LogP contribution in [-0.4, -0.2) is 25.3 Å². The molecule has 0 aromatic rings. The molecule has 106 valence electrons. The molecule has 2 rings (SSSR count). The van der Waals surface area contributed by atoms with E-state index in [0.717, 1.165) is 31.0 Å². The summed E-state index contributed by atoms with van der Waals surface area (Å²) in [6.07, 6.45) is 11.4. The van der Waals surface area contributed by atoms with Gasteiger partial charge in [0.2, 0.25) is 0 Å². The van der Waals surface area contributed by atoms with Crippen molar-refractivity contribution in [1.29, 1.82) is 0 Å². The highest BCUT2D eigenvalue weighted by atomic mass is 16.5. The maximum atomic E-state index is 5.80. The lowest BCUT2D eigenvalue weighted by Gasteiger charge is -2.25. The third-order valence-electron chi connectivity index (χ3n) is 4.86. The summed E-state index contributed by atoms with van der Waals surface area (Å²) in [5.41, 5.74) is 0. The molecule has 1 aliphatic heterocycles. The summed E-state index contributed by atoms with van der Waals surface area (Å²) in [6.45, 7) is 6.83. The van der Waals surface area contributed by atoms with Gasteiger partial charge < -0.3 is 10.1 Å². The first-order valence-electron chi connectivity index (χ1n) is 8.10. The van der Waals surface area contributed by atoms with Crippen molar-refractivity contribution in [2.24, 2.45) is 11.8 Å². The highest BCUT2D eigenvalue weighted by Gasteiger charge is 2.22. The number of hydrogen-bond donors (Lipinski definition) is 1. The van der Waals surface area contributed by atoms with Crippen LogP contribution >= 0.6 is 0 Å². The van der Waals surface area contributed by atoms with Crippen LogP contribution in [0.25, 0.3) is 0 Å². The molecule has 0 aromatic heterocycles. The molecule has 2 nitrogen and oxygen atoms in total. The molecule has 2 aliphatic rings. The Morgan fingerprint density at radius 3 is 2.61 bits per heavy atom. The van der Waals surface area contributed by atoms with Crippen molar-refractivity contribution in [3.63, 3.8) is 0 Å². The van der Waals surface area contributed by atoms with E-state index in [1.54, 1.807) is 0 Å². The molecule has 0 radical (unpaired) electrons. The minimum absolute atomic E-state index is 0.489. The van der Waals surface area contributed by atoms with Gasteiger partial charge in [0, 0.05) is 19.2 Å². The summed E-state index contributed by atoms with van der Waals surface area (Å²) >= 11 is 0. The first-order valence-corrected chi connectivity index (χ1v) is 8.10. The number of hydrogen-bond acceptors (Lipinski definition) is 2. The molecular formula is C16H31NO. The van der Waals surface area contributed by atoms with E-state index in [4.69, 9.17) is 4.74 Å². The molecular weight excluding hydrogens is 222 g/mol. The van der Waals surface area contributed by atoms with Crippen molar-refractivity contribution in [2.75, 3.05) is 13.2 Å². The van der Waals surface area contributed by atoms with Gasteiger partial charge in [-0.3, -0.25) is 0 Å². The molecule has 1 N–H and O–H groups in total. The molecule has 0 amide bonds. The quantitative estimate of drug-likeness (QED) is 0.770. The second kappa shape index (κ2) is 7.49. The van der Waals surface area contributed by atoms with Gasteiger partial charge in [-0.1, -0.05) is 26.7 Å². The van der Waals surface area contributed by atoms with Crippen LogP contribution in [0.4, 0.5) is 0 Å². The molecule has 1 saturated heterocycles. The number of ether oxygens (including phenoxy) is 1. The lowest BCUT2D eigenvalue weighted by Crippen LogP contribution is -2.37. The van der Waals surface area contributed by atoms with Gasteiger partial charge in [0.15, 0.2) is 0 Å². The third-order valence-corrected chi connectivity index (χ3v) is 4.86. The zero-order valence-electron chi connectivity index (χ0n) is 12.3. The van der Waals surface area contributed by atoms with Crippen molar-refractivity contribution in [1.82, 2.24) is 5.32 Å². The molecule has 1 saturated carbocycles. The van der Waals surface area contributed by atoms with Gasteiger partial charge in [-0.05, 0) is 50.4 Å². The van der Waals surface area contributed by atoms with Gasteiger partial charge in [-0.25, -0.2) is 0 Å². The standard InChI is InChI=1S/C16H31NO/c1-13(2)14-6-5-7-15(10-9-14)17-12-16-8-3-4-11-18-16/h13-17H,3-12H2,1-2H3. The van der Waals surface area contributed by atoms with E-state index in [1.807, 2.05) is 0 Å². The van der Waals surface area contributed by atoms with E-state index < -0.39 is 0 Å². The molecule has 2 heteroatoms. The summed E-state index contributed by atoms with van der Waals surface area (Å²) in [5, 5.41) is 3.77. The van der Waals surface area contributed by atoms with E-state index in [2.05, 4.69) is 19.2 Å². The third kappa shape index (κ3) is 4.55. The lowest BCUT2D eigenvalue weighted by atomic mass is 9.89. The Balaban J connectivity index is 1.66. The Labute approximate surface area is 113 Å². The average molecular weight is 253 g/mol. The first-order chi connectivity index (χ1) is 8.75. The van der Waals surface area contributed by atoms with Crippen molar-refractivity contribution in [2.45, 2.75) is 77.4 Å². The minimum Gasteiger partial charge on any atom is -0.377 e. The van der Waals surface area contributed by atoms with Crippen molar-refractivity contribution in [3.05, 3.63) is 0 Å². The Morgan fingerprint density at radius 1 is 1.00 bits per heavy atom. The van der Waals surface area contributed by atoms with Crippen LogP contribution < -0.4 is 5.32 Å². The summed E-state index contributed by atoms with van der Waals surface area (Å²) in [4.78, 5) is 0. The molecule has 0 bridgehead atoms. The number of nitrogens with one attached hydrogen (secondary N) is 1. The fourth-order valence-electron chi connectivity index (χ4n) is 3.47. The van der Waals surface area contributed by atoms with Crippen molar-refractivity contribution >= 4 is 0 Å². The topological polar surface area (TPSA) is 21.3 Å². The van der Waals surface area contributed by atoms with E-state index in [-0.39, 0.29) is 0 Å². The van der Waals surface area contributed by atoms with Crippen LogP contribution in [0.15, 0.2) is 0 Å². The van der Waals surface area contributed by atoms with Crippen LogP contribution in [-0.2, 0) is 4.74 Å². The van der Waals surface area contributed by atoms with E-state index in [9.17, 15) is 0 Å². The molecule has 1 aliphatic carbocycles. The van der Waals surface area contributed by atoms with Crippen LogP contribution in [0.1, 0.15) is 65.2 Å². The molecule has 3 unspecified atom stereocenters. The Hall–Kier alpha value is -0.0800. The first kappa shape index (κ1) is 14.3. The molecule has 0 spiro atoms. The van der Waals surface area contributed by atoms with Gasteiger partial charge in [0.1, 0.15) is 0 Å². The lowest BCUT2D eigenvalue weighted by molar-refractivity contribution is 0.0151. The van der Waals surface area contributed by atoms with Gasteiger partial charge in [-0.15, -0.1) is 0 Å². The minimum atomic E-state index is 0.489. The predicted molar refractivity (Wildman–Crippen MR) is 76.8 cm³/mol. The highest BCUT2D eigenvalue weighted by molar-refractivity contribution is 4.78. The fourth-order valence-corrected chi connectivity index (χ4v) is 3.47. The fraction of sp³-hybridized carbons (Fsp3) is 1.00. The van der Waals surface area contributed by atoms with E-state index in [0.29, 0.717) is 6.10 Å². The maximum Gasteiger partial charge on any atom is 0.0699 e. The normalized spacial score (nSPS) is 34.5. The molecule has 18 heavy (non-hydrogen) atoms. The van der Waals surface area contributed by atoms with Gasteiger partial charge in [0.05, 0.1) is 6.10 Å². The molecule has 3 atom stereocenters. The van der Waals surface area contributed by atoms with Crippen LogP contribution in [0.5, 0.6) is 0 Å². The predicted octanol–water partition coefficient (Wildman–Crippen LogP) is 3.75. The second-order valence-electron chi connectivity index (χ2n) is 6.61. The molecule has 1 heterocycles. The Kier molecular flexibility index (Phi) is 5.97. The second-order valence-corrected chi connectivity index (χ2v) is 6.61. The van der Waals surface area contributed by atoms with Gasteiger partial charge >= 0.3 is 0 Å². The van der Waals surface area contributed by atoms with Crippen LogP contribution in [0.3, 0.4) is 0 Å². The summed E-state index contributed by atoms with van der Waals surface area (Å²) < 4.78 is 5.80. The smallest absolute Gasteiger partial charge is 0.0699 e. The van der Waals surface area contributed by atoms with E-state index in [1.165, 1.54) is 51.4 Å². The van der Waals surface area contributed by atoms with Crippen molar-refractivity contribution in [3.8, 4) is 0 Å². The van der Waals surface area contributed by atoms with E-state index >= 15 is 0 Å². The van der Waals surface area contributed by atoms with Crippen molar-refractivity contribution < 1.29 is 4.74 Å². The molecule has 0 aromatic carbocycles.